The third-order valence-corrected chi connectivity index (χ3v) is 5.02. The lowest BCUT2D eigenvalue weighted by atomic mass is 9.95. The number of rotatable bonds is 5. The van der Waals surface area contributed by atoms with E-state index >= 15 is 0 Å². The van der Waals surface area contributed by atoms with Crippen molar-refractivity contribution in [1.29, 1.82) is 0 Å². The van der Waals surface area contributed by atoms with Crippen molar-refractivity contribution in [3.8, 4) is 0 Å². The number of halogens is 1. The van der Waals surface area contributed by atoms with Gasteiger partial charge in [0.2, 0.25) is 0 Å². The number of likely N-dealkylation sites (tertiary alicyclic amines) is 1. The number of hydrogen-bond acceptors (Lipinski definition) is 4. The summed E-state index contributed by atoms with van der Waals surface area (Å²) in [7, 11) is 2.22. The Morgan fingerprint density at radius 2 is 2.37 bits per heavy atom. The fourth-order valence-corrected chi connectivity index (χ4v) is 4.09. The van der Waals surface area contributed by atoms with E-state index < -0.39 is 0 Å². The average Bonchev–Trinajstić information content (AvgIpc) is 2.72. The summed E-state index contributed by atoms with van der Waals surface area (Å²) < 4.78 is 0.799. The van der Waals surface area contributed by atoms with Gasteiger partial charge in [-0.05, 0) is 51.9 Å². The molecular weight excluding hydrogens is 278 g/mol. The molecular formula is C14H24ClN3S. The van der Waals surface area contributed by atoms with Gasteiger partial charge < -0.3 is 5.32 Å². The van der Waals surface area contributed by atoms with Gasteiger partial charge in [0.15, 0.2) is 0 Å². The lowest BCUT2D eigenvalue weighted by Gasteiger charge is -2.31. The van der Waals surface area contributed by atoms with Crippen LogP contribution in [0.25, 0.3) is 0 Å². The number of hydrogen-bond donors (Lipinski definition) is 1. The molecule has 1 aromatic rings. The van der Waals surface area contributed by atoms with Crippen molar-refractivity contribution in [3.63, 3.8) is 0 Å². The second kappa shape index (κ2) is 7.58. The summed E-state index contributed by atoms with van der Waals surface area (Å²) in [6, 6.07) is 0.421. The van der Waals surface area contributed by atoms with Gasteiger partial charge in [0.25, 0.3) is 0 Å². The summed E-state index contributed by atoms with van der Waals surface area (Å²) in [5, 5.41) is 4.76. The second-order valence-corrected chi connectivity index (χ2v) is 7.08. The van der Waals surface area contributed by atoms with Crippen molar-refractivity contribution in [2.75, 3.05) is 26.7 Å². The molecule has 0 saturated carbocycles. The van der Waals surface area contributed by atoms with Crippen LogP contribution in [0.3, 0.4) is 0 Å². The fourth-order valence-electron chi connectivity index (χ4n) is 2.90. The highest BCUT2D eigenvalue weighted by Crippen LogP contribution is 2.36. The van der Waals surface area contributed by atoms with Gasteiger partial charge in [0.05, 0.1) is 12.2 Å². The van der Waals surface area contributed by atoms with E-state index in [4.69, 9.17) is 11.6 Å². The molecule has 3 nitrogen and oxygen atoms in total. The minimum Gasteiger partial charge on any atom is -0.316 e. The molecule has 2 unspecified atom stereocenters. The van der Waals surface area contributed by atoms with Crippen LogP contribution in [0.15, 0.2) is 6.20 Å². The maximum absolute atomic E-state index is 6.06. The molecule has 0 aromatic carbocycles. The fraction of sp³-hybridized carbons (Fsp3) is 0.786. The van der Waals surface area contributed by atoms with Crippen LogP contribution in [-0.4, -0.2) is 36.6 Å². The largest absolute Gasteiger partial charge is 0.316 e. The van der Waals surface area contributed by atoms with E-state index in [1.807, 2.05) is 0 Å². The average molecular weight is 302 g/mol. The molecule has 1 N–H and O–H groups in total. The Morgan fingerprint density at radius 3 is 3.05 bits per heavy atom. The molecule has 19 heavy (non-hydrogen) atoms. The maximum atomic E-state index is 6.06. The topological polar surface area (TPSA) is 28.2 Å². The predicted octanol–water partition coefficient (Wildman–Crippen LogP) is 3.57. The molecule has 1 aliphatic heterocycles. The highest BCUT2D eigenvalue weighted by Gasteiger charge is 2.30. The quantitative estimate of drug-likeness (QED) is 0.843. The molecule has 0 aliphatic carbocycles. The Hall–Kier alpha value is -0.160. The van der Waals surface area contributed by atoms with Crippen molar-refractivity contribution in [2.24, 2.45) is 5.92 Å². The Balaban J connectivity index is 2.11. The summed E-state index contributed by atoms with van der Waals surface area (Å²) in [5.74, 6) is 0.640. The standard InChI is InChI=1S/C14H24ClN3S/c1-3-7-16-9-11-6-4-5-8-18(2)13(11)14-17-10-12(15)19-14/h10-11,13,16H,3-9H2,1-2H3. The van der Waals surface area contributed by atoms with Gasteiger partial charge in [-0.15, -0.1) is 11.3 Å². The van der Waals surface area contributed by atoms with Crippen molar-refractivity contribution >= 4 is 22.9 Å². The summed E-state index contributed by atoms with van der Waals surface area (Å²) in [4.78, 5) is 6.99. The molecule has 2 rings (SSSR count). The molecule has 0 amide bonds. The van der Waals surface area contributed by atoms with Crippen LogP contribution >= 0.6 is 22.9 Å². The monoisotopic (exact) mass is 301 g/mol. The Bertz CT molecular complexity index is 383. The van der Waals surface area contributed by atoms with E-state index in [0.717, 1.165) is 24.0 Å². The van der Waals surface area contributed by atoms with Gasteiger partial charge in [-0.25, -0.2) is 4.98 Å². The molecule has 2 atom stereocenters. The Kier molecular flexibility index (Phi) is 6.07. The lowest BCUT2D eigenvalue weighted by Crippen LogP contribution is -2.35. The van der Waals surface area contributed by atoms with Crippen LogP contribution < -0.4 is 5.32 Å². The third-order valence-electron chi connectivity index (χ3n) is 3.84. The molecule has 0 spiro atoms. The summed E-state index contributed by atoms with van der Waals surface area (Å²) in [6.45, 7) is 5.56. The minimum atomic E-state index is 0.421. The second-order valence-electron chi connectivity index (χ2n) is 5.39. The molecule has 1 aromatic heterocycles. The molecule has 0 radical (unpaired) electrons. The normalized spacial score (nSPS) is 25.4. The number of nitrogens with zero attached hydrogens (tertiary/aromatic N) is 2. The summed E-state index contributed by atoms with van der Waals surface area (Å²) in [5.41, 5.74) is 0. The molecule has 5 heteroatoms. The van der Waals surface area contributed by atoms with E-state index in [9.17, 15) is 0 Å². The van der Waals surface area contributed by atoms with Gasteiger partial charge in [-0.1, -0.05) is 24.9 Å². The zero-order valence-corrected chi connectivity index (χ0v) is 13.4. The summed E-state index contributed by atoms with van der Waals surface area (Å²) in [6.07, 6.45) is 6.87. The first-order valence-corrected chi connectivity index (χ1v) is 8.44. The van der Waals surface area contributed by atoms with Crippen molar-refractivity contribution in [3.05, 3.63) is 15.5 Å². The first kappa shape index (κ1) is 15.2. The highest BCUT2D eigenvalue weighted by atomic mass is 35.5. The van der Waals surface area contributed by atoms with Crippen LogP contribution in [0.2, 0.25) is 4.34 Å². The van der Waals surface area contributed by atoms with Gasteiger partial charge in [0, 0.05) is 0 Å². The Morgan fingerprint density at radius 1 is 1.53 bits per heavy atom. The van der Waals surface area contributed by atoms with E-state index in [1.54, 1.807) is 17.5 Å². The number of thiazole rings is 1. The molecule has 108 valence electrons. The minimum absolute atomic E-state index is 0.421. The lowest BCUT2D eigenvalue weighted by molar-refractivity contribution is 0.189. The van der Waals surface area contributed by atoms with Gasteiger partial charge in [-0.3, -0.25) is 4.90 Å². The maximum Gasteiger partial charge on any atom is 0.113 e. The Labute approximate surface area is 125 Å². The van der Waals surface area contributed by atoms with Crippen molar-refractivity contribution < 1.29 is 0 Å². The predicted molar refractivity (Wildman–Crippen MR) is 83.0 cm³/mol. The van der Waals surface area contributed by atoms with Crippen molar-refractivity contribution in [2.45, 2.75) is 38.6 Å². The first-order valence-electron chi connectivity index (χ1n) is 7.24. The van der Waals surface area contributed by atoms with Crippen LogP contribution in [0, 0.1) is 5.92 Å². The van der Waals surface area contributed by atoms with E-state index in [-0.39, 0.29) is 0 Å². The van der Waals surface area contributed by atoms with Gasteiger partial charge in [0.1, 0.15) is 9.34 Å². The van der Waals surface area contributed by atoms with Crippen LogP contribution in [0.1, 0.15) is 43.7 Å². The SMILES string of the molecule is CCCNCC1CCCCN(C)C1c1ncc(Cl)s1. The first-order chi connectivity index (χ1) is 9.22. The van der Waals surface area contributed by atoms with Crippen LogP contribution in [0.5, 0.6) is 0 Å². The summed E-state index contributed by atoms with van der Waals surface area (Å²) >= 11 is 7.70. The molecule has 2 heterocycles. The third kappa shape index (κ3) is 4.15. The van der Waals surface area contributed by atoms with Crippen LogP contribution in [-0.2, 0) is 0 Å². The highest BCUT2D eigenvalue weighted by molar-refractivity contribution is 7.15. The van der Waals surface area contributed by atoms with E-state index in [0.29, 0.717) is 12.0 Å². The zero-order chi connectivity index (χ0) is 13.7. The van der Waals surface area contributed by atoms with Gasteiger partial charge >= 0.3 is 0 Å². The smallest absolute Gasteiger partial charge is 0.113 e. The molecule has 1 fully saturated rings. The van der Waals surface area contributed by atoms with E-state index in [2.05, 4.69) is 29.2 Å². The molecule has 0 bridgehead atoms. The molecule has 1 saturated heterocycles. The van der Waals surface area contributed by atoms with E-state index in [1.165, 1.54) is 30.7 Å². The zero-order valence-electron chi connectivity index (χ0n) is 11.9. The number of aromatic nitrogens is 1. The van der Waals surface area contributed by atoms with Crippen LogP contribution in [0.4, 0.5) is 0 Å². The molecule has 1 aliphatic rings. The number of nitrogens with one attached hydrogen (secondary N) is 1. The van der Waals surface area contributed by atoms with Crippen molar-refractivity contribution in [1.82, 2.24) is 15.2 Å². The van der Waals surface area contributed by atoms with Gasteiger partial charge in [-0.2, -0.15) is 0 Å².